The van der Waals surface area contributed by atoms with E-state index in [0.29, 0.717) is 5.82 Å². The summed E-state index contributed by atoms with van der Waals surface area (Å²) in [6, 6.07) is 0. The number of aryl methyl sites for hydroxylation is 2. The summed E-state index contributed by atoms with van der Waals surface area (Å²) in [5.74, 6) is 0.424. The molecular weight excluding hydrogens is 198 g/mol. The highest BCUT2D eigenvalue weighted by Crippen LogP contribution is 2.31. The molecule has 0 aromatic carbocycles. The van der Waals surface area contributed by atoms with Gasteiger partial charge < -0.3 is 5.73 Å². The largest absolute Gasteiger partial charge is 0.385 e. The normalized spacial score (nSPS) is 11.0. The molecule has 0 bridgehead atoms. The second kappa shape index (κ2) is 3.09. The molecule has 0 fully saturated rings. The van der Waals surface area contributed by atoms with Crippen LogP contribution in [0.15, 0.2) is 4.79 Å². The van der Waals surface area contributed by atoms with Gasteiger partial charge in [0.1, 0.15) is 10.6 Å². The number of fused-ring (bicyclic) bond motifs is 1. The van der Waals surface area contributed by atoms with Crippen LogP contribution in [-0.4, -0.2) is 9.97 Å². The number of hydrogen-bond donors (Lipinski definition) is 2. The van der Waals surface area contributed by atoms with Crippen LogP contribution in [0, 0.1) is 6.92 Å². The molecule has 3 N–H and O–H groups in total. The second-order valence-electron chi connectivity index (χ2n) is 3.14. The van der Waals surface area contributed by atoms with Crippen LogP contribution in [0.4, 0.5) is 5.82 Å². The summed E-state index contributed by atoms with van der Waals surface area (Å²) in [6.45, 7) is 4.09. The Morgan fingerprint density at radius 2 is 2.29 bits per heavy atom. The van der Waals surface area contributed by atoms with Crippen molar-refractivity contribution in [3.8, 4) is 0 Å². The molecule has 2 heterocycles. The maximum atomic E-state index is 11.1. The van der Waals surface area contributed by atoms with E-state index < -0.39 is 0 Å². The van der Waals surface area contributed by atoms with E-state index in [9.17, 15) is 4.79 Å². The van der Waals surface area contributed by atoms with Crippen molar-refractivity contribution >= 4 is 27.4 Å². The van der Waals surface area contributed by atoms with E-state index in [-0.39, 0.29) is 5.69 Å². The average molecular weight is 209 g/mol. The standard InChI is InChI=1S/C9H11N3OS/c1-3-5-4(2)6-7(10)11-9(13)12-8(6)14-5/h3H2,1-2H3,(H3,10,11,12,13). The lowest BCUT2D eigenvalue weighted by Gasteiger charge is -1.96. The number of nitrogens with two attached hydrogens (primary N) is 1. The van der Waals surface area contributed by atoms with E-state index in [1.165, 1.54) is 4.88 Å². The molecule has 0 aliphatic carbocycles. The molecule has 0 atom stereocenters. The molecule has 14 heavy (non-hydrogen) atoms. The quantitative estimate of drug-likeness (QED) is 0.746. The lowest BCUT2D eigenvalue weighted by Crippen LogP contribution is -2.11. The Balaban J connectivity index is 2.92. The molecule has 0 aliphatic rings. The van der Waals surface area contributed by atoms with E-state index in [4.69, 9.17) is 5.73 Å². The molecule has 0 spiro atoms. The zero-order chi connectivity index (χ0) is 10.3. The Bertz CT molecular complexity index is 541. The molecule has 0 aliphatic heterocycles. The zero-order valence-corrected chi connectivity index (χ0v) is 8.86. The Morgan fingerprint density at radius 1 is 1.57 bits per heavy atom. The van der Waals surface area contributed by atoms with Gasteiger partial charge in [0, 0.05) is 4.88 Å². The van der Waals surface area contributed by atoms with Crippen molar-refractivity contribution in [2.45, 2.75) is 20.3 Å². The molecule has 0 unspecified atom stereocenters. The number of hydrogen-bond acceptors (Lipinski definition) is 4. The monoisotopic (exact) mass is 209 g/mol. The van der Waals surface area contributed by atoms with E-state index in [1.807, 2.05) is 6.92 Å². The minimum absolute atomic E-state index is 0.376. The van der Waals surface area contributed by atoms with Crippen molar-refractivity contribution < 1.29 is 0 Å². The van der Waals surface area contributed by atoms with Crippen LogP contribution in [-0.2, 0) is 6.42 Å². The minimum atomic E-state index is -0.376. The SMILES string of the molecule is CCc1sc2nc(=O)[nH]c(N)c2c1C. The summed E-state index contributed by atoms with van der Waals surface area (Å²) in [6.07, 6.45) is 0.945. The molecule has 2 aromatic rings. The van der Waals surface area contributed by atoms with Gasteiger partial charge in [0.05, 0.1) is 5.39 Å². The number of nitrogen functional groups attached to an aromatic ring is 1. The molecule has 2 rings (SSSR count). The fourth-order valence-corrected chi connectivity index (χ4v) is 2.70. The summed E-state index contributed by atoms with van der Waals surface area (Å²) in [5, 5.41) is 0.895. The van der Waals surface area contributed by atoms with Crippen LogP contribution in [0.5, 0.6) is 0 Å². The van der Waals surface area contributed by atoms with Crippen molar-refractivity contribution in [3.63, 3.8) is 0 Å². The summed E-state index contributed by atoms with van der Waals surface area (Å²) in [5.41, 5.74) is 6.49. The first-order chi connectivity index (χ1) is 6.63. The Morgan fingerprint density at radius 3 is 2.93 bits per heavy atom. The first-order valence-electron chi connectivity index (χ1n) is 4.41. The van der Waals surface area contributed by atoms with Crippen LogP contribution >= 0.6 is 11.3 Å². The Labute approximate surface area is 84.8 Å². The Hall–Kier alpha value is -1.36. The van der Waals surface area contributed by atoms with Gasteiger partial charge in [-0.3, -0.25) is 4.98 Å². The van der Waals surface area contributed by atoms with Gasteiger partial charge in [-0.05, 0) is 18.9 Å². The van der Waals surface area contributed by atoms with Crippen LogP contribution in [0.2, 0.25) is 0 Å². The summed E-state index contributed by atoms with van der Waals surface area (Å²) >= 11 is 1.54. The third-order valence-corrected chi connectivity index (χ3v) is 3.59. The molecule has 0 saturated carbocycles. The van der Waals surface area contributed by atoms with Crippen LogP contribution in [0.25, 0.3) is 10.2 Å². The summed E-state index contributed by atoms with van der Waals surface area (Å²) in [7, 11) is 0. The first kappa shape index (κ1) is 9.21. The predicted molar refractivity (Wildman–Crippen MR) is 58.8 cm³/mol. The van der Waals surface area contributed by atoms with Crippen LogP contribution in [0.1, 0.15) is 17.4 Å². The topological polar surface area (TPSA) is 71.8 Å². The molecule has 2 aromatic heterocycles. The summed E-state index contributed by atoms with van der Waals surface area (Å²) in [4.78, 5) is 19.4. The molecule has 0 saturated heterocycles. The fourth-order valence-electron chi connectivity index (χ4n) is 1.58. The van der Waals surface area contributed by atoms with Crippen molar-refractivity contribution in [2.75, 3.05) is 5.73 Å². The number of thiophene rings is 1. The van der Waals surface area contributed by atoms with Crippen molar-refractivity contribution in [1.29, 1.82) is 0 Å². The number of anilines is 1. The third-order valence-electron chi connectivity index (χ3n) is 2.26. The highest BCUT2D eigenvalue weighted by molar-refractivity contribution is 7.18. The molecule has 74 valence electrons. The van der Waals surface area contributed by atoms with Crippen molar-refractivity contribution in [3.05, 3.63) is 20.9 Å². The third kappa shape index (κ3) is 1.21. The van der Waals surface area contributed by atoms with Gasteiger partial charge in [-0.25, -0.2) is 4.79 Å². The highest BCUT2D eigenvalue weighted by atomic mass is 32.1. The van der Waals surface area contributed by atoms with Crippen molar-refractivity contribution in [1.82, 2.24) is 9.97 Å². The van der Waals surface area contributed by atoms with Gasteiger partial charge in [-0.15, -0.1) is 11.3 Å². The number of H-pyrrole nitrogens is 1. The highest BCUT2D eigenvalue weighted by Gasteiger charge is 2.11. The number of aromatic amines is 1. The van der Waals surface area contributed by atoms with E-state index in [1.54, 1.807) is 11.3 Å². The zero-order valence-electron chi connectivity index (χ0n) is 8.05. The fraction of sp³-hybridized carbons (Fsp3) is 0.333. The van der Waals surface area contributed by atoms with Crippen molar-refractivity contribution in [2.24, 2.45) is 0 Å². The van der Waals surface area contributed by atoms with Crippen LogP contribution < -0.4 is 11.4 Å². The van der Waals surface area contributed by atoms with Gasteiger partial charge in [0.2, 0.25) is 0 Å². The van der Waals surface area contributed by atoms with E-state index in [2.05, 4.69) is 16.9 Å². The molecule has 5 heteroatoms. The molecule has 4 nitrogen and oxygen atoms in total. The smallest absolute Gasteiger partial charge is 0.347 e. The summed E-state index contributed by atoms with van der Waals surface area (Å²) < 4.78 is 0. The molecular formula is C9H11N3OS. The number of nitrogens with zero attached hydrogens (tertiary/aromatic N) is 1. The van der Waals surface area contributed by atoms with Gasteiger partial charge in [-0.1, -0.05) is 6.92 Å². The van der Waals surface area contributed by atoms with Gasteiger partial charge in [0.25, 0.3) is 0 Å². The van der Waals surface area contributed by atoms with Crippen LogP contribution in [0.3, 0.4) is 0 Å². The number of rotatable bonds is 1. The van der Waals surface area contributed by atoms with E-state index >= 15 is 0 Å². The van der Waals surface area contributed by atoms with Gasteiger partial charge >= 0.3 is 5.69 Å². The lowest BCUT2D eigenvalue weighted by molar-refractivity contribution is 1.13. The first-order valence-corrected chi connectivity index (χ1v) is 5.23. The van der Waals surface area contributed by atoms with Gasteiger partial charge in [-0.2, -0.15) is 4.98 Å². The lowest BCUT2D eigenvalue weighted by atomic mass is 10.2. The Kier molecular flexibility index (Phi) is 2.03. The minimum Gasteiger partial charge on any atom is -0.385 e. The van der Waals surface area contributed by atoms with E-state index in [0.717, 1.165) is 22.2 Å². The second-order valence-corrected chi connectivity index (χ2v) is 4.22. The number of nitrogens with one attached hydrogen (secondary N) is 1. The molecule has 0 radical (unpaired) electrons. The maximum absolute atomic E-state index is 11.1. The molecule has 0 amide bonds. The maximum Gasteiger partial charge on any atom is 0.347 e. The predicted octanol–water partition coefficient (Wildman–Crippen LogP) is 1.44. The number of aromatic nitrogens is 2. The van der Waals surface area contributed by atoms with Gasteiger partial charge in [0.15, 0.2) is 0 Å². The average Bonchev–Trinajstić information content (AvgIpc) is 2.42.